The Balaban J connectivity index is 2.28. The number of esters is 1. The number of hydrogen-bond acceptors (Lipinski definition) is 6. The molecule has 0 saturated heterocycles. The van der Waals surface area contributed by atoms with Gasteiger partial charge in [-0.15, -0.1) is 0 Å². The highest BCUT2D eigenvalue weighted by Gasteiger charge is 2.23. The van der Waals surface area contributed by atoms with E-state index >= 15 is 0 Å². The SMILES string of the molecule is CCOC(=O)c1c(Cl)c2cnc(-c3ccccc3)nc2n(CCOC)c1=O. The van der Waals surface area contributed by atoms with Crippen LogP contribution in [-0.4, -0.2) is 40.8 Å². The van der Waals surface area contributed by atoms with E-state index in [1.807, 2.05) is 30.3 Å². The van der Waals surface area contributed by atoms with Crippen LogP contribution < -0.4 is 5.56 Å². The van der Waals surface area contributed by atoms with Gasteiger partial charge in [-0.3, -0.25) is 9.36 Å². The molecule has 0 N–H and O–H groups in total. The van der Waals surface area contributed by atoms with Crippen molar-refractivity contribution in [3.63, 3.8) is 0 Å². The molecule has 0 spiro atoms. The molecule has 140 valence electrons. The molecular weight excluding hydrogens is 370 g/mol. The molecule has 0 aliphatic carbocycles. The van der Waals surface area contributed by atoms with Crippen molar-refractivity contribution in [3.8, 4) is 11.4 Å². The van der Waals surface area contributed by atoms with Crippen molar-refractivity contribution < 1.29 is 14.3 Å². The Bertz CT molecular complexity index is 1030. The van der Waals surface area contributed by atoms with E-state index in [0.717, 1.165) is 5.56 Å². The van der Waals surface area contributed by atoms with E-state index in [0.29, 0.717) is 16.9 Å². The lowest BCUT2D eigenvalue weighted by Gasteiger charge is -2.14. The first kappa shape index (κ1) is 19.0. The maximum absolute atomic E-state index is 12.9. The van der Waals surface area contributed by atoms with E-state index in [1.54, 1.807) is 6.92 Å². The molecule has 3 aromatic rings. The van der Waals surface area contributed by atoms with Crippen molar-refractivity contribution in [1.29, 1.82) is 0 Å². The van der Waals surface area contributed by atoms with Gasteiger partial charge >= 0.3 is 5.97 Å². The number of ether oxygens (including phenoxy) is 2. The second-order valence-electron chi connectivity index (χ2n) is 5.66. The minimum atomic E-state index is -0.771. The van der Waals surface area contributed by atoms with Crippen LogP contribution in [0.1, 0.15) is 17.3 Å². The van der Waals surface area contributed by atoms with Crippen LogP contribution in [-0.2, 0) is 16.0 Å². The Labute approximate surface area is 160 Å². The molecule has 0 unspecified atom stereocenters. The van der Waals surface area contributed by atoms with Crippen LogP contribution >= 0.6 is 11.6 Å². The largest absolute Gasteiger partial charge is 0.462 e. The van der Waals surface area contributed by atoms with Crippen molar-refractivity contribution in [2.75, 3.05) is 20.3 Å². The lowest BCUT2D eigenvalue weighted by Crippen LogP contribution is -2.30. The van der Waals surface area contributed by atoms with E-state index in [4.69, 9.17) is 21.1 Å². The molecule has 2 heterocycles. The molecule has 0 aliphatic rings. The third-order valence-corrected chi connectivity index (χ3v) is 4.36. The molecule has 0 radical (unpaired) electrons. The molecule has 27 heavy (non-hydrogen) atoms. The monoisotopic (exact) mass is 387 g/mol. The number of nitrogens with zero attached hydrogens (tertiary/aromatic N) is 3. The first-order valence-corrected chi connectivity index (χ1v) is 8.76. The van der Waals surface area contributed by atoms with Gasteiger partial charge in [-0.1, -0.05) is 41.9 Å². The molecular formula is C19H18ClN3O4. The van der Waals surface area contributed by atoms with Gasteiger partial charge in [0.15, 0.2) is 5.82 Å². The fraction of sp³-hybridized carbons (Fsp3) is 0.263. The summed E-state index contributed by atoms with van der Waals surface area (Å²) in [5.74, 6) is -0.318. The Morgan fingerprint density at radius 2 is 2.00 bits per heavy atom. The summed E-state index contributed by atoms with van der Waals surface area (Å²) in [5.41, 5.74) is 0.346. The summed E-state index contributed by atoms with van der Waals surface area (Å²) in [6, 6.07) is 9.37. The summed E-state index contributed by atoms with van der Waals surface area (Å²) < 4.78 is 11.4. The van der Waals surface area contributed by atoms with Crippen LogP contribution in [0.15, 0.2) is 41.3 Å². The van der Waals surface area contributed by atoms with Gasteiger partial charge in [-0.05, 0) is 6.92 Å². The van der Waals surface area contributed by atoms with Crippen LogP contribution in [0.25, 0.3) is 22.4 Å². The van der Waals surface area contributed by atoms with Crippen molar-refractivity contribution >= 4 is 28.6 Å². The van der Waals surface area contributed by atoms with Gasteiger partial charge in [0.2, 0.25) is 0 Å². The molecule has 0 bridgehead atoms. The number of carbonyl (C=O) groups is 1. The van der Waals surface area contributed by atoms with Gasteiger partial charge < -0.3 is 9.47 Å². The summed E-state index contributed by atoms with van der Waals surface area (Å²) in [4.78, 5) is 34.1. The van der Waals surface area contributed by atoms with E-state index in [9.17, 15) is 9.59 Å². The molecule has 1 aromatic carbocycles. The average Bonchev–Trinajstić information content (AvgIpc) is 2.68. The molecule has 3 rings (SSSR count). The molecule has 0 fully saturated rings. The van der Waals surface area contributed by atoms with Crippen LogP contribution in [0.5, 0.6) is 0 Å². The number of carbonyl (C=O) groups excluding carboxylic acids is 1. The zero-order valence-corrected chi connectivity index (χ0v) is 15.7. The first-order valence-electron chi connectivity index (χ1n) is 8.39. The number of aromatic nitrogens is 3. The Hall–Kier alpha value is -2.77. The quantitative estimate of drug-likeness (QED) is 0.605. The van der Waals surface area contributed by atoms with E-state index in [1.165, 1.54) is 17.9 Å². The molecule has 0 atom stereocenters. The zero-order valence-electron chi connectivity index (χ0n) is 14.9. The van der Waals surface area contributed by atoms with Gasteiger partial charge in [0.25, 0.3) is 5.56 Å². The predicted octanol–water partition coefficient (Wildman–Crippen LogP) is 2.94. The normalized spacial score (nSPS) is 10.9. The third-order valence-electron chi connectivity index (χ3n) is 3.97. The van der Waals surface area contributed by atoms with E-state index in [-0.39, 0.29) is 30.3 Å². The minimum Gasteiger partial charge on any atom is -0.462 e. The number of pyridine rings is 1. The zero-order chi connectivity index (χ0) is 19.4. The summed E-state index contributed by atoms with van der Waals surface area (Å²) in [7, 11) is 1.53. The number of hydrogen-bond donors (Lipinski definition) is 0. The standard InChI is InChI=1S/C19H18ClN3O4/c1-3-27-19(25)14-15(20)13-11-21-16(12-7-5-4-6-8-12)22-17(13)23(18(14)24)9-10-26-2/h4-8,11H,3,9-10H2,1-2H3. The van der Waals surface area contributed by atoms with Gasteiger partial charge in [-0.2, -0.15) is 0 Å². The summed E-state index contributed by atoms with van der Waals surface area (Å²) in [5, 5.41) is 0.386. The molecule has 0 amide bonds. The van der Waals surface area contributed by atoms with E-state index in [2.05, 4.69) is 9.97 Å². The molecule has 2 aromatic heterocycles. The van der Waals surface area contributed by atoms with Gasteiger partial charge in [0, 0.05) is 18.9 Å². The maximum Gasteiger partial charge on any atom is 0.345 e. The average molecular weight is 388 g/mol. The Morgan fingerprint density at radius 1 is 1.26 bits per heavy atom. The lowest BCUT2D eigenvalue weighted by atomic mass is 10.2. The predicted molar refractivity (Wildman–Crippen MR) is 102 cm³/mol. The Kier molecular flexibility index (Phi) is 5.83. The minimum absolute atomic E-state index is 0.0123. The molecule has 8 heteroatoms. The lowest BCUT2D eigenvalue weighted by molar-refractivity contribution is 0.0523. The maximum atomic E-state index is 12.9. The van der Waals surface area contributed by atoms with Crippen molar-refractivity contribution in [1.82, 2.24) is 14.5 Å². The van der Waals surface area contributed by atoms with E-state index < -0.39 is 11.5 Å². The number of halogens is 1. The van der Waals surface area contributed by atoms with Crippen LogP contribution in [0.4, 0.5) is 0 Å². The van der Waals surface area contributed by atoms with Crippen LogP contribution in [0.2, 0.25) is 5.02 Å². The Morgan fingerprint density at radius 3 is 2.67 bits per heavy atom. The van der Waals surface area contributed by atoms with Crippen LogP contribution in [0.3, 0.4) is 0 Å². The smallest absolute Gasteiger partial charge is 0.345 e. The van der Waals surface area contributed by atoms with Gasteiger partial charge in [0.1, 0.15) is 11.2 Å². The van der Waals surface area contributed by atoms with Crippen molar-refractivity contribution in [2.24, 2.45) is 0 Å². The molecule has 0 aliphatic heterocycles. The summed E-state index contributed by atoms with van der Waals surface area (Å²) in [6.45, 7) is 2.27. The highest BCUT2D eigenvalue weighted by molar-refractivity contribution is 6.38. The third kappa shape index (κ3) is 3.70. The van der Waals surface area contributed by atoms with Gasteiger partial charge in [0.05, 0.1) is 30.2 Å². The highest BCUT2D eigenvalue weighted by atomic mass is 35.5. The molecule has 7 nitrogen and oxygen atoms in total. The topological polar surface area (TPSA) is 83.3 Å². The fourth-order valence-corrected chi connectivity index (χ4v) is 2.98. The number of benzene rings is 1. The summed E-state index contributed by atoms with van der Waals surface area (Å²) in [6.07, 6.45) is 1.51. The summed E-state index contributed by atoms with van der Waals surface area (Å²) >= 11 is 6.36. The van der Waals surface area contributed by atoms with Gasteiger partial charge in [-0.25, -0.2) is 14.8 Å². The van der Waals surface area contributed by atoms with Crippen LogP contribution in [0, 0.1) is 0 Å². The second-order valence-corrected chi connectivity index (χ2v) is 6.03. The second kappa shape index (κ2) is 8.28. The van der Waals surface area contributed by atoms with Crippen molar-refractivity contribution in [2.45, 2.75) is 13.5 Å². The first-order chi connectivity index (χ1) is 13.1. The highest BCUT2D eigenvalue weighted by Crippen LogP contribution is 2.26. The number of methoxy groups -OCH3 is 1. The number of fused-ring (bicyclic) bond motifs is 1. The number of rotatable bonds is 6. The van der Waals surface area contributed by atoms with Crippen molar-refractivity contribution in [3.05, 3.63) is 57.5 Å². The molecule has 0 saturated carbocycles. The fourth-order valence-electron chi connectivity index (χ4n) is 2.69.